The van der Waals surface area contributed by atoms with Crippen LogP contribution in [-0.2, 0) is 6.42 Å². The Kier molecular flexibility index (Phi) is 3.03. The van der Waals surface area contributed by atoms with Crippen LogP contribution in [0.5, 0.6) is 0 Å². The van der Waals surface area contributed by atoms with Crippen LogP contribution in [0.15, 0.2) is 41.3 Å². The van der Waals surface area contributed by atoms with Gasteiger partial charge in [-0.2, -0.15) is 4.98 Å². The second-order valence-corrected chi connectivity index (χ2v) is 5.44. The molecule has 1 atom stereocenters. The molecule has 5 nitrogen and oxygen atoms in total. The highest BCUT2D eigenvalue weighted by Gasteiger charge is 2.20. The van der Waals surface area contributed by atoms with Crippen molar-refractivity contribution in [3.63, 3.8) is 0 Å². The van der Waals surface area contributed by atoms with E-state index in [1.165, 1.54) is 36.7 Å². The van der Waals surface area contributed by atoms with Crippen molar-refractivity contribution in [3.8, 4) is 0 Å². The molecule has 0 saturated carbocycles. The molecule has 106 valence electrons. The Morgan fingerprint density at radius 2 is 2.19 bits per heavy atom. The van der Waals surface area contributed by atoms with Crippen LogP contribution in [0, 0.1) is 0 Å². The predicted molar refractivity (Wildman–Crippen MR) is 80.2 cm³/mol. The third-order valence-electron chi connectivity index (χ3n) is 4.18. The second kappa shape index (κ2) is 5.16. The first-order valence-electron chi connectivity index (χ1n) is 7.29. The number of hydrogen-bond donors (Lipinski definition) is 1. The third-order valence-corrected chi connectivity index (χ3v) is 4.18. The van der Waals surface area contributed by atoms with Gasteiger partial charge in [-0.05, 0) is 30.4 Å². The minimum atomic E-state index is 0.525. The smallest absolute Gasteiger partial charge is 0.262 e. The van der Waals surface area contributed by atoms with E-state index in [2.05, 4.69) is 44.7 Å². The summed E-state index contributed by atoms with van der Waals surface area (Å²) >= 11 is 0. The monoisotopic (exact) mass is 280 g/mol. The first-order chi connectivity index (χ1) is 10.4. The van der Waals surface area contributed by atoms with Gasteiger partial charge in [-0.15, -0.1) is 0 Å². The van der Waals surface area contributed by atoms with Gasteiger partial charge in [0.2, 0.25) is 0 Å². The number of fused-ring (bicyclic) bond motifs is 2. The summed E-state index contributed by atoms with van der Waals surface area (Å²) in [6.45, 7) is 0.869. The Morgan fingerprint density at radius 1 is 1.24 bits per heavy atom. The van der Waals surface area contributed by atoms with Crippen molar-refractivity contribution in [2.24, 2.45) is 0 Å². The number of nitrogens with one attached hydrogen (secondary N) is 1. The maximum absolute atomic E-state index is 5.07. The van der Waals surface area contributed by atoms with Gasteiger partial charge in [0, 0.05) is 12.5 Å². The zero-order valence-corrected chi connectivity index (χ0v) is 11.6. The van der Waals surface area contributed by atoms with Gasteiger partial charge in [0.25, 0.3) is 5.71 Å². The van der Waals surface area contributed by atoms with Crippen molar-refractivity contribution < 1.29 is 4.52 Å². The highest BCUT2D eigenvalue weighted by atomic mass is 16.5. The molecular formula is C16H16N4O. The molecule has 0 spiro atoms. The van der Waals surface area contributed by atoms with Crippen molar-refractivity contribution in [3.05, 3.63) is 47.9 Å². The molecule has 4 rings (SSSR count). The summed E-state index contributed by atoms with van der Waals surface area (Å²) in [5.74, 6) is 1.32. The highest BCUT2D eigenvalue weighted by Crippen LogP contribution is 2.31. The summed E-state index contributed by atoms with van der Waals surface area (Å²) in [7, 11) is 0. The maximum Gasteiger partial charge on any atom is 0.262 e. The molecule has 0 fully saturated rings. The molecule has 1 unspecified atom stereocenters. The zero-order chi connectivity index (χ0) is 14.1. The highest BCUT2D eigenvalue weighted by molar-refractivity contribution is 5.84. The third kappa shape index (κ3) is 2.24. The number of nitrogens with zero attached hydrogens (tertiary/aromatic N) is 3. The largest absolute Gasteiger partial charge is 0.369 e. The molecule has 1 N–H and O–H groups in total. The van der Waals surface area contributed by atoms with Crippen molar-refractivity contribution in [2.45, 2.75) is 25.2 Å². The van der Waals surface area contributed by atoms with E-state index in [4.69, 9.17) is 4.52 Å². The van der Waals surface area contributed by atoms with Gasteiger partial charge < -0.3 is 9.84 Å². The van der Waals surface area contributed by atoms with Gasteiger partial charge in [0.1, 0.15) is 17.5 Å². The van der Waals surface area contributed by atoms with Crippen LogP contribution < -0.4 is 5.32 Å². The molecule has 0 amide bonds. The van der Waals surface area contributed by atoms with Crippen LogP contribution in [-0.4, -0.2) is 21.7 Å². The fraction of sp³-hybridized carbons (Fsp3) is 0.312. The van der Waals surface area contributed by atoms with E-state index < -0.39 is 0 Å². The first-order valence-corrected chi connectivity index (χ1v) is 7.29. The molecule has 1 aromatic carbocycles. The lowest BCUT2D eigenvalue weighted by atomic mass is 9.83. The summed E-state index contributed by atoms with van der Waals surface area (Å²) in [4.78, 5) is 8.35. The van der Waals surface area contributed by atoms with Crippen molar-refractivity contribution in [1.82, 2.24) is 15.1 Å². The molecule has 2 aromatic heterocycles. The lowest BCUT2D eigenvalue weighted by Gasteiger charge is -2.25. The van der Waals surface area contributed by atoms with E-state index in [9.17, 15) is 0 Å². The van der Waals surface area contributed by atoms with E-state index in [-0.39, 0.29) is 0 Å². The van der Waals surface area contributed by atoms with Crippen molar-refractivity contribution in [1.29, 1.82) is 0 Å². The van der Waals surface area contributed by atoms with E-state index in [0.717, 1.165) is 17.7 Å². The standard InChI is InChI=1S/C16H16N4O/c1-2-7-13-11(4-1)5-3-6-12(13)8-17-15-14-9-20-21-16(14)19-10-18-15/h1-2,4,7,9-10,12H,3,5-6,8H2,(H,17,18,19). The van der Waals surface area contributed by atoms with Crippen molar-refractivity contribution in [2.75, 3.05) is 11.9 Å². The van der Waals surface area contributed by atoms with Crippen LogP contribution in [0.3, 0.4) is 0 Å². The number of benzene rings is 1. The molecule has 1 aliphatic rings. The summed E-state index contributed by atoms with van der Waals surface area (Å²) in [5, 5.41) is 8.04. The lowest BCUT2D eigenvalue weighted by molar-refractivity contribution is 0.448. The van der Waals surface area contributed by atoms with Gasteiger partial charge >= 0.3 is 0 Å². The Balaban J connectivity index is 1.57. The number of aryl methyl sites for hydroxylation is 1. The molecule has 0 aliphatic heterocycles. The second-order valence-electron chi connectivity index (χ2n) is 5.44. The molecule has 0 radical (unpaired) electrons. The predicted octanol–water partition coefficient (Wildman–Crippen LogP) is 3.15. The average molecular weight is 280 g/mol. The topological polar surface area (TPSA) is 63.8 Å². The van der Waals surface area contributed by atoms with Gasteiger partial charge in [0.05, 0.1) is 6.20 Å². The van der Waals surface area contributed by atoms with Crippen molar-refractivity contribution >= 4 is 16.9 Å². The zero-order valence-electron chi connectivity index (χ0n) is 11.6. The first kappa shape index (κ1) is 12.3. The summed E-state index contributed by atoms with van der Waals surface area (Å²) in [6.07, 6.45) is 6.81. The molecule has 3 aromatic rings. The molecule has 21 heavy (non-hydrogen) atoms. The summed E-state index contributed by atoms with van der Waals surface area (Å²) < 4.78 is 5.07. The number of rotatable bonds is 3. The van der Waals surface area contributed by atoms with Gasteiger partial charge in [0.15, 0.2) is 0 Å². The van der Waals surface area contributed by atoms with Crippen LogP contribution in [0.1, 0.15) is 29.9 Å². The Labute approximate surface area is 122 Å². The summed E-state index contributed by atoms with van der Waals surface area (Å²) in [6, 6.07) is 8.74. The quantitative estimate of drug-likeness (QED) is 0.798. The SMILES string of the molecule is c1ccc2c(c1)CCCC2CNc1ncnc2oncc12. The summed E-state index contributed by atoms with van der Waals surface area (Å²) in [5.41, 5.74) is 3.47. The lowest BCUT2D eigenvalue weighted by Crippen LogP contribution is -2.18. The van der Waals surface area contributed by atoms with E-state index in [0.29, 0.717) is 11.6 Å². The maximum atomic E-state index is 5.07. The van der Waals surface area contributed by atoms with E-state index in [1.54, 1.807) is 6.20 Å². The van der Waals surface area contributed by atoms with Crippen LogP contribution >= 0.6 is 0 Å². The van der Waals surface area contributed by atoms with Gasteiger partial charge in [-0.25, -0.2) is 4.98 Å². The normalized spacial score (nSPS) is 17.6. The Hall–Kier alpha value is -2.43. The molecule has 2 heterocycles. The molecule has 1 aliphatic carbocycles. The van der Waals surface area contributed by atoms with Gasteiger partial charge in [-0.3, -0.25) is 0 Å². The van der Waals surface area contributed by atoms with Gasteiger partial charge in [-0.1, -0.05) is 29.4 Å². The fourth-order valence-corrected chi connectivity index (χ4v) is 3.12. The minimum Gasteiger partial charge on any atom is -0.369 e. The Morgan fingerprint density at radius 3 is 3.19 bits per heavy atom. The molecule has 5 heteroatoms. The Bertz CT molecular complexity index is 768. The van der Waals surface area contributed by atoms with Crippen LogP contribution in [0.2, 0.25) is 0 Å². The minimum absolute atomic E-state index is 0.525. The molecular weight excluding hydrogens is 264 g/mol. The fourth-order valence-electron chi connectivity index (χ4n) is 3.12. The number of anilines is 1. The van der Waals surface area contributed by atoms with Crippen LogP contribution in [0.4, 0.5) is 5.82 Å². The average Bonchev–Trinajstić information content (AvgIpc) is 3.02. The van der Waals surface area contributed by atoms with E-state index in [1.807, 2.05) is 0 Å². The molecule has 0 saturated heterocycles. The molecule has 0 bridgehead atoms. The number of hydrogen-bond acceptors (Lipinski definition) is 5. The number of aromatic nitrogens is 3. The van der Waals surface area contributed by atoms with E-state index >= 15 is 0 Å². The van der Waals surface area contributed by atoms with Crippen LogP contribution in [0.25, 0.3) is 11.1 Å².